The molecule has 2 aromatic carbocycles. The van der Waals surface area contributed by atoms with Crippen LogP contribution in [0.2, 0.25) is 0 Å². The number of rotatable bonds is 5. The number of methoxy groups -OCH3 is 2. The Morgan fingerprint density at radius 3 is 2.48 bits per heavy atom. The number of hydrogen-bond donors (Lipinski definition) is 0. The van der Waals surface area contributed by atoms with E-state index in [1.807, 2.05) is 39.6 Å². The van der Waals surface area contributed by atoms with E-state index in [2.05, 4.69) is 34.2 Å². The molecule has 4 aromatic rings. The highest BCUT2D eigenvalue weighted by molar-refractivity contribution is 5.69. The van der Waals surface area contributed by atoms with E-state index < -0.39 is 0 Å². The minimum absolute atomic E-state index is 0.732. The molecule has 0 amide bonds. The zero-order valence-electron chi connectivity index (χ0n) is 15.3. The lowest BCUT2D eigenvalue weighted by atomic mass is 10.1. The van der Waals surface area contributed by atoms with E-state index in [0.29, 0.717) is 0 Å². The first-order chi connectivity index (χ1) is 13.2. The number of benzene rings is 2. The molecule has 0 atom stereocenters. The van der Waals surface area contributed by atoms with Gasteiger partial charge in [-0.15, -0.1) is 10.2 Å². The molecule has 2 aromatic heterocycles. The summed E-state index contributed by atoms with van der Waals surface area (Å²) in [5, 5.41) is 7.77. The van der Waals surface area contributed by atoms with Crippen LogP contribution in [0.4, 0.5) is 0 Å². The van der Waals surface area contributed by atoms with Crippen molar-refractivity contribution in [2.24, 2.45) is 0 Å². The molecule has 0 radical (unpaired) electrons. The quantitative estimate of drug-likeness (QED) is 0.545. The summed E-state index contributed by atoms with van der Waals surface area (Å²) in [5.74, 6) is 2.25. The van der Waals surface area contributed by atoms with Gasteiger partial charge in [0.05, 0.1) is 31.2 Å². The molecule has 0 N–H and O–H groups in total. The van der Waals surface area contributed by atoms with Crippen molar-refractivity contribution in [1.29, 1.82) is 0 Å². The molecular weight excluding hydrogens is 342 g/mol. The molecule has 0 saturated heterocycles. The Balaban J connectivity index is 1.88. The van der Waals surface area contributed by atoms with E-state index in [9.17, 15) is 0 Å². The highest BCUT2D eigenvalue weighted by atomic mass is 16.5. The molecule has 0 aliphatic carbocycles. The summed E-state index contributed by atoms with van der Waals surface area (Å²) in [4.78, 5) is 4.58. The first-order valence-corrected chi connectivity index (χ1v) is 8.43. The molecule has 0 aliphatic rings. The topological polar surface area (TPSA) is 67.0 Å². The summed E-state index contributed by atoms with van der Waals surface area (Å²) in [6.07, 6.45) is 7.06. The average molecular weight is 361 g/mol. The summed E-state index contributed by atoms with van der Waals surface area (Å²) in [6.45, 7) is 2.07. The normalized spacial score (nSPS) is 10.8. The Kier molecular flexibility index (Phi) is 4.33. The van der Waals surface area contributed by atoms with E-state index in [-0.39, 0.29) is 0 Å². The van der Waals surface area contributed by atoms with Crippen LogP contribution < -0.4 is 9.47 Å². The van der Waals surface area contributed by atoms with Gasteiger partial charge in [0, 0.05) is 12.4 Å². The zero-order valence-corrected chi connectivity index (χ0v) is 15.3. The highest BCUT2D eigenvalue weighted by Gasteiger charge is 2.16. The van der Waals surface area contributed by atoms with Gasteiger partial charge in [-0.25, -0.2) is 4.98 Å². The number of nitrogens with zero attached hydrogens (tertiary/aromatic N) is 5. The van der Waals surface area contributed by atoms with E-state index >= 15 is 0 Å². The lowest BCUT2D eigenvalue weighted by Gasteiger charge is -2.15. The van der Waals surface area contributed by atoms with E-state index in [4.69, 9.17) is 9.47 Å². The fraction of sp³-hybridized carbons (Fsp3) is 0.150. The summed E-state index contributed by atoms with van der Waals surface area (Å²) in [6, 6.07) is 11.9. The lowest BCUT2D eigenvalue weighted by molar-refractivity contribution is 0.404. The molecule has 0 spiro atoms. The molecule has 7 heteroatoms. The van der Waals surface area contributed by atoms with Crippen LogP contribution in [-0.2, 0) is 0 Å². The van der Waals surface area contributed by atoms with Crippen LogP contribution in [0.25, 0.3) is 22.8 Å². The van der Waals surface area contributed by atoms with Crippen molar-refractivity contribution >= 4 is 0 Å². The Hall–Kier alpha value is -3.61. The van der Waals surface area contributed by atoms with Gasteiger partial charge in [-0.2, -0.15) is 0 Å². The Labute approximate surface area is 156 Å². The van der Waals surface area contributed by atoms with Crippen molar-refractivity contribution in [3.63, 3.8) is 0 Å². The number of aryl methyl sites for hydroxylation is 1. The van der Waals surface area contributed by atoms with Crippen LogP contribution in [0.3, 0.4) is 0 Å². The molecule has 136 valence electrons. The molecule has 2 heterocycles. The Bertz CT molecular complexity index is 1070. The van der Waals surface area contributed by atoms with Gasteiger partial charge in [-0.05, 0) is 42.8 Å². The summed E-state index contributed by atoms with van der Waals surface area (Å²) < 4.78 is 14.8. The van der Waals surface area contributed by atoms with Crippen LogP contribution in [-0.4, -0.2) is 38.5 Å². The van der Waals surface area contributed by atoms with Crippen molar-refractivity contribution in [3.8, 4) is 34.3 Å². The van der Waals surface area contributed by atoms with Gasteiger partial charge in [0.2, 0.25) is 0 Å². The fourth-order valence-corrected chi connectivity index (χ4v) is 3.04. The second kappa shape index (κ2) is 6.95. The van der Waals surface area contributed by atoms with Crippen LogP contribution in [0, 0.1) is 6.92 Å². The van der Waals surface area contributed by atoms with Crippen molar-refractivity contribution in [2.45, 2.75) is 6.92 Å². The SMILES string of the molecule is COc1ccc(OC)c(-c2nccn2-c2cc(-n3cnnc3)ccc2C)c1. The minimum Gasteiger partial charge on any atom is -0.497 e. The predicted molar refractivity (Wildman–Crippen MR) is 102 cm³/mol. The molecule has 0 aliphatic heterocycles. The van der Waals surface area contributed by atoms with Gasteiger partial charge in [-0.1, -0.05) is 6.07 Å². The number of aromatic nitrogens is 5. The number of imidazole rings is 1. The third kappa shape index (κ3) is 3.03. The van der Waals surface area contributed by atoms with Gasteiger partial charge in [-0.3, -0.25) is 9.13 Å². The van der Waals surface area contributed by atoms with Crippen molar-refractivity contribution in [1.82, 2.24) is 24.3 Å². The van der Waals surface area contributed by atoms with Crippen LogP contribution in [0.15, 0.2) is 61.4 Å². The number of hydrogen-bond acceptors (Lipinski definition) is 5. The van der Waals surface area contributed by atoms with Crippen LogP contribution in [0.1, 0.15) is 5.56 Å². The van der Waals surface area contributed by atoms with E-state index in [0.717, 1.165) is 39.8 Å². The molecule has 0 saturated carbocycles. The van der Waals surface area contributed by atoms with Gasteiger partial charge < -0.3 is 9.47 Å². The minimum atomic E-state index is 0.732. The molecule has 0 bridgehead atoms. The van der Waals surface area contributed by atoms with Crippen molar-refractivity contribution in [3.05, 3.63) is 67.0 Å². The van der Waals surface area contributed by atoms with Crippen LogP contribution >= 0.6 is 0 Å². The molecular formula is C20H19N5O2. The maximum absolute atomic E-state index is 5.54. The van der Waals surface area contributed by atoms with Crippen molar-refractivity contribution < 1.29 is 9.47 Å². The second-order valence-corrected chi connectivity index (χ2v) is 6.03. The van der Waals surface area contributed by atoms with Crippen molar-refractivity contribution in [2.75, 3.05) is 14.2 Å². The molecule has 0 unspecified atom stereocenters. The van der Waals surface area contributed by atoms with Gasteiger partial charge in [0.1, 0.15) is 30.0 Å². The Morgan fingerprint density at radius 2 is 1.74 bits per heavy atom. The largest absolute Gasteiger partial charge is 0.497 e. The standard InChI is InChI=1S/C20H19N5O2/c1-14-4-5-15(24-12-22-23-13-24)10-18(14)25-9-8-21-20(25)17-11-16(26-2)6-7-19(17)27-3/h4-13H,1-3H3. The van der Waals surface area contributed by atoms with E-state index in [1.165, 1.54) is 0 Å². The first-order valence-electron chi connectivity index (χ1n) is 8.43. The van der Waals surface area contributed by atoms with Gasteiger partial charge in [0.25, 0.3) is 0 Å². The fourth-order valence-electron chi connectivity index (χ4n) is 3.04. The summed E-state index contributed by atoms with van der Waals surface area (Å²) in [5.41, 5.74) is 3.96. The van der Waals surface area contributed by atoms with Gasteiger partial charge >= 0.3 is 0 Å². The molecule has 0 fully saturated rings. The third-order valence-electron chi connectivity index (χ3n) is 4.46. The second-order valence-electron chi connectivity index (χ2n) is 6.03. The van der Waals surface area contributed by atoms with Gasteiger partial charge in [0.15, 0.2) is 0 Å². The predicted octanol–water partition coefficient (Wildman–Crippen LogP) is 3.45. The molecule has 27 heavy (non-hydrogen) atoms. The van der Waals surface area contributed by atoms with E-state index in [1.54, 1.807) is 33.1 Å². The zero-order chi connectivity index (χ0) is 18.8. The van der Waals surface area contributed by atoms with Crippen LogP contribution in [0.5, 0.6) is 11.5 Å². The summed E-state index contributed by atoms with van der Waals surface area (Å²) in [7, 11) is 3.29. The average Bonchev–Trinajstić information content (AvgIpc) is 3.40. The third-order valence-corrected chi connectivity index (χ3v) is 4.46. The number of ether oxygens (including phenoxy) is 2. The smallest absolute Gasteiger partial charge is 0.148 e. The molecule has 7 nitrogen and oxygen atoms in total. The molecule has 4 rings (SSSR count). The maximum atomic E-state index is 5.54. The maximum Gasteiger partial charge on any atom is 0.148 e. The first kappa shape index (κ1) is 16.8. The monoisotopic (exact) mass is 361 g/mol. The Morgan fingerprint density at radius 1 is 0.926 bits per heavy atom. The lowest BCUT2D eigenvalue weighted by Crippen LogP contribution is -2.02. The summed E-state index contributed by atoms with van der Waals surface area (Å²) >= 11 is 0. The highest BCUT2D eigenvalue weighted by Crippen LogP contribution is 2.34.